The molecule has 20 heavy (non-hydrogen) atoms. The molecule has 0 fully saturated rings. The van der Waals surface area contributed by atoms with Crippen molar-refractivity contribution in [3.8, 4) is 0 Å². The van der Waals surface area contributed by atoms with Crippen molar-refractivity contribution in [2.24, 2.45) is 5.73 Å². The molecule has 3 rings (SSSR count). The van der Waals surface area contributed by atoms with Gasteiger partial charge in [0.15, 0.2) is 0 Å². The van der Waals surface area contributed by atoms with Gasteiger partial charge in [-0.15, -0.1) is 11.3 Å². The molecule has 0 amide bonds. The first-order chi connectivity index (χ1) is 9.56. The van der Waals surface area contributed by atoms with Crippen LogP contribution in [0.5, 0.6) is 0 Å². The van der Waals surface area contributed by atoms with Gasteiger partial charge in [-0.05, 0) is 53.4 Å². The van der Waals surface area contributed by atoms with Crippen molar-refractivity contribution in [2.75, 3.05) is 0 Å². The van der Waals surface area contributed by atoms with Gasteiger partial charge in [0.05, 0.1) is 0 Å². The molecule has 1 nitrogen and oxygen atoms in total. The van der Waals surface area contributed by atoms with Gasteiger partial charge in [0, 0.05) is 10.2 Å². The monoisotopic (exact) mass is 285 g/mol. The summed E-state index contributed by atoms with van der Waals surface area (Å²) in [5, 5.41) is 3.29. The number of hydrogen-bond acceptors (Lipinski definition) is 2. The Labute approximate surface area is 121 Å². The zero-order valence-electron chi connectivity index (χ0n) is 11.3. The van der Waals surface area contributed by atoms with Crippen molar-refractivity contribution in [3.05, 3.63) is 70.9 Å². The van der Waals surface area contributed by atoms with E-state index in [4.69, 9.17) is 5.73 Å². The Kier molecular flexibility index (Phi) is 3.32. The molecule has 1 heterocycles. The molecule has 0 radical (unpaired) electrons. The van der Waals surface area contributed by atoms with Gasteiger partial charge in [0.25, 0.3) is 0 Å². The van der Waals surface area contributed by atoms with Crippen LogP contribution in [0, 0.1) is 5.82 Å². The van der Waals surface area contributed by atoms with Crippen molar-refractivity contribution in [1.29, 1.82) is 0 Å². The Morgan fingerprint density at radius 1 is 1.15 bits per heavy atom. The predicted molar refractivity (Wildman–Crippen MR) is 83.5 cm³/mol. The van der Waals surface area contributed by atoms with Gasteiger partial charge in [-0.25, -0.2) is 4.39 Å². The molecular weight excluding hydrogens is 269 g/mol. The maximum absolute atomic E-state index is 13.3. The highest BCUT2D eigenvalue weighted by Gasteiger charge is 2.24. The van der Waals surface area contributed by atoms with E-state index >= 15 is 0 Å². The SMILES string of the molecule is CC(N)(Cc1cccc(F)c1)c1cccc2ccsc12. The highest BCUT2D eigenvalue weighted by Crippen LogP contribution is 2.33. The fraction of sp³-hybridized carbons (Fsp3) is 0.176. The lowest BCUT2D eigenvalue weighted by molar-refractivity contribution is 0.494. The number of hydrogen-bond donors (Lipinski definition) is 1. The molecule has 0 bridgehead atoms. The Morgan fingerprint density at radius 3 is 2.75 bits per heavy atom. The molecule has 0 saturated heterocycles. The normalized spacial score (nSPS) is 14.3. The van der Waals surface area contributed by atoms with Gasteiger partial charge >= 0.3 is 0 Å². The third-order valence-corrected chi connectivity index (χ3v) is 4.52. The summed E-state index contributed by atoms with van der Waals surface area (Å²) in [5.74, 6) is -0.215. The van der Waals surface area contributed by atoms with E-state index in [1.54, 1.807) is 23.5 Å². The smallest absolute Gasteiger partial charge is 0.123 e. The molecular formula is C17H16FNS. The Hall–Kier alpha value is -1.71. The Morgan fingerprint density at radius 2 is 1.95 bits per heavy atom. The van der Waals surface area contributed by atoms with Crippen LogP contribution >= 0.6 is 11.3 Å². The van der Waals surface area contributed by atoms with E-state index in [1.807, 2.05) is 19.1 Å². The molecule has 3 aromatic rings. The third kappa shape index (κ3) is 2.47. The van der Waals surface area contributed by atoms with E-state index in [9.17, 15) is 4.39 Å². The highest BCUT2D eigenvalue weighted by molar-refractivity contribution is 7.17. The molecule has 0 spiro atoms. The summed E-state index contributed by atoms with van der Waals surface area (Å²) < 4.78 is 14.5. The van der Waals surface area contributed by atoms with Gasteiger partial charge in [-0.1, -0.05) is 30.3 Å². The lowest BCUT2D eigenvalue weighted by Gasteiger charge is -2.26. The quantitative estimate of drug-likeness (QED) is 0.755. The van der Waals surface area contributed by atoms with Crippen molar-refractivity contribution in [2.45, 2.75) is 18.9 Å². The summed E-state index contributed by atoms with van der Waals surface area (Å²) in [7, 11) is 0. The van der Waals surface area contributed by atoms with E-state index in [2.05, 4.69) is 23.6 Å². The first-order valence-corrected chi connectivity index (χ1v) is 7.44. The topological polar surface area (TPSA) is 26.0 Å². The second-order valence-corrected chi connectivity index (χ2v) is 6.28. The van der Waals surface area contributed by atoms with E-state index in [0.29, 0.717) is 6.42 Å². The molecule has 0 aliphatic rings. The highest BCUT2D eigenvalue weighted by atomic mass is 32.1. The third-order valence-electron chi connectivity index (χ3n) is 3.55. The molecule has 2 N–H and O–H groups in total. The number of benzene rings is 2. The van der Waals surface area contributed by atoms with E-state index < -0.39 is 5.54 Å². The Bertz CT molecular complexity index is 745. The van der Waals surface area contributed by atoms with Crippen LogP contribution in [0.1, 0.15) is 18.1 Å². The lowest BCUT2D eigenvalue weighted by atomic mass is 9.86. The average Bonchev–Trinajstić information content (AvgIpc) is 2.85. The molecule has 1 unspecified atom stereocenters. The number of fused-ring (bicyclic) bond motifs is 1. The molecule has 0 aliphatic carbocycles. The van der Waals surface area contributed by atoms with Crippen molar-refractivity contribution < 1.29 is 4.39 Å². The minimum Gasteiger partial charge on any atom is -0.321 e. The summed E-state index contributed by atoms with van der Waals surface area (Å²) in [6.45, 7) is 2.01. The van der Waals surface area contributed by atoms with Crippen LogP contribution in [0.25, 0.3) is 10.1 Å². The van der Waals surface area contributed by atoms with Gasteiger partial charge in [0.2, 0.25) is 0 Å². The number of nitrogens with two attached hydrogens (primary N) is 1. The summed E-state index contributed by atoms with van der Waals surface area (Å²) in [6.07, 6.45) is 0.613. The first-order valence-electron chi connectivity index (χ1n) is 6.56. The molecule has 102 valence electrons. The second-order valence-electron chi connectivity index (χ2n) is 5.37. The first kappa shape index (κ1) is 13.3. The van der Waals surface area contributed by atoms with Gasteiger partial charge in [-0.3, -0.25) is 0 Å². The predicted octanol–water partition coefficient (Wildman–Crippen LogP) is 4.46. The molecule has 1 atom stereocenters. The maximum Gasteiger partial charge on any atom is 0.123 e. The lowest BCUT2D eigenvalue weighted by Crippen LogP contribution is -2.35. The molecule has 0 saturated carbocycles. The van der Waals surface area contributed by atoms with Crippen LogP contribution in [-0.4, -0.2) is 0 Å². The van der Waals surface area contributed by atoms with Crippen LogP contribution in [0.3, 0.4) is 0 Å². The van der Waals surface area contributed by atoms with Crippen molar-refractivity contribution in [3.63, 3.8) is 0 Å². The summed E-state index contributed by atoms with van der Waals surface area (Å²) in [5.41, 5.74) is 8.05. The zero-order chi connectivity index (χ0) is 14.2. The second kappa shape index (κ2) is 5.00. The summed E-state index contributed by atoms with van der Waals surface area (Å²) in [6, 6.07) is 14.9. The molecule has 2 aromatic carbocycles. The fourth-order valence-electron chi connectivity index (χ4n) is 2.61. The van der Waals surface area contributed by atoms with Crippen molar-refractivity contribution >= 4 is 21.4 Å². The van der Waals surface area contributed by atoms with E-state index in [-0.39, 0.29) is 5.82 Å². The number of thiophene rings is 1. The van der Waals surface area contributed by atoms with Gasteiger partial charge in [0.1, 0.15) is 5.82 Å². The fourth-order valence-corrected chi connectivity index (χ4v) is 3.66. The van der Waals surface area contributed by atoms with Crippen LogP contribution < -0.4 is 5.73 Å². The minimum atomic E-state index is -0.516. The van der Waals surface area contributed by atoms with Crippen LogP contribution in [0.4, 0.5) is 4.39 Å². The minimum absolute atomic E-state index is 0.215. The standard InChI is InChI=1S/C17H16FNS/c1-17(19,11-12-4-2-6-14(18)10-12)15-7-3-5-13-8-9-20-16(13)15/h2-10H,11,19H2,1H3. The van der Waals surface area contributed by atoms with E-state index in [1.165, 1.54) is 16.2 Å². The van der Waals surface area contributed by atoms with Crippen molar-refractivity contribution in [1.82, 2.24) is 0 Å². The van der Waals surface area contributed by atoms with Crippen LogP contribution in [-0.2, 0) is 12.0 Å². The average molecular weight is 285 g/mol. The summed E-state index contributed by atoms with van der Waals surface area (Å²) >= 11 is 1.70. The van der Waals surface area contributed by atoms with Crippen LogP contribution in [0.2, 0.25) is 0 Å². The maximum atomic E-state index is 13.3. The Balaban J connectivity index is 2.01. The van der Waals surface area contributed by atoms with E-state index in [0.717, 1.165) is 11.1 Å². The molecule has 0 aliphatic heterocycles. The largest absolute Gasteiger partial charge is 0.321 e. The van der Waals surface area contributed by atoms with Gasteiger partial charge < -0.3 is 5.73 Å². The van der Waals surface area contributed by atoms with Crippen LogP contribution in [0.15, 0.2) is 53.9 Å². The molecule has 3 heteroatoms. The summed E-state index contributed by atoms with van der Waals surface area (Å²) in [4.78, 5) is 0. The number of halogens is 1. The number of rotatable bonds is 3. The molecule has 1 aromatic heterocycles. The zero-order valence-corrected chi connectivity index (χ0v) is 12.1. The van der Waals surface area contributed by atoms with Gasteiger partial charge in [-0.2, -0.15) is 0 Å².